The molecule has 2 heterocycles. The quantitative estimate of drug-likeness (QED) is 0.781. The van der Waals surface area contributed by atoms with Crippen LogP contribution in [-0.2, 0) is 13.0 Å². The van der Waals surface area contributed by atoms with Crippen molar-refractivity contribution in [2.45, 2.75) is 39.8 Å². The summed E-state index contributed by atoms with van der Waals surface area (Å²) in [7, 11) is 0. The summed E-state index contributed by atoms with van der Waals surface area (Å²) in [5, 5.41) is 1.46. The summed E-state index contributed by atoms with van der Waals surface area (Å²) in [5.41, 5.74) is 4.54. The molecule has 18 heavy (non-hydrogen) atoms. The Balaban J connectivity index is 2.23. The monoisotopic (exact) mass is 242 g/mol. The number of aromatic nitrogens is 1. The number of rotatable bonds is 2. The van der Waals surface area contributed by atoms with E-state index in [4.69, 9.17) is 0 Å². The van der Waals surface area contributed by atoms with Crippen LogP contribution in [0.25, 0.3) is 10.9 Å². The second kappa shape index (κ2) is 4.43. The van der Waals surface area contributed by atoms with E-state index < -0.39 is 0 Å². The standard InChI is InChI=1S/C16H22N2/c1-4-17-10-9-16-14(11-17)13-7-5-6-8-15(13)18(16)12(2)3/h5-8,12H,4,9-11H2,1-3H3. The molecule has 3 rings (SSSR count). The minimum Gasteiger partial charge on any atom is -0.342 e. The van der Waals surface area contributed by atoms with Crippen molar-refractivity contribution in [2.75, 3.05) is 13.1 Å². The first-order chi connectivity index (χ1) is 8.72. The van der Waals surface area contributed by atoms with Gasteiger partial charge in [0.25, 0.3) is 0 Å². The number of benzene rings is 1. The second-order valence-corrected chi connectivity index (χ2v) is 5.52. The largest absolute Gasteiger partial charge is 0.342 e. The number of likely N-dealkylation sites (N-methyl/N-ethyl adjacent to an activating group) is 1. The maximum Gasteiger partial charge on any atom is 0.0488 e. The highest BCUT2D eigenvalue weighted by Gasteiger charge is 2.23. The molecule has 0 fully saturated rings. The second-order valence-electron chi connectivity index (χ2n) is 5.52. The van der Waals surface area contributed by atoms with Gasteiger partial charge < -0.3 is 4.57 Å². The van der Waals surface area contributed by atoms with Gasteiger partial charge >= 0.3 is 0 Å². The highest BCUT2D eigenvalue weighted by atomic mass is 15.1. The van der Waals surface area contributed by atoms with E-state index in [0.29, 0.717) is 6.04 Å². The summed E-state index contributed by atoms with van der Waals surface area (Å²) >= 11 is 0. The Morgan fingerprint density at radius 1 is 1.22 bits per heavy atom. The number of fused-ring (bicyclic) bond motifs is 3. The van der Waals surface area contributed by atoms with Crippen LogP contribution in [0.3, 0.4) is 0 Å². The molecule has 0 amide bonds. The third kappa shape index (κ3) is 1.67. The zero-order valence-corrected chi connectivity index (χ0v) is 11.6. The molecule has 0 saturated heterocycles. The lowest BCUT2D eigenvalue weighted by Gasteiger charge is -2.27. The molecular weight excluding hydrogens is 220 g/mol. The molecule has 1 aliphatic heterocycles. The molecule has 2 aromatic rings. The minimum atomic E-state index is 0.548. The molecule has 0 radical (unpaired) electrons. The normalized spacial score (nSPS) is 16.4. The fourth-order valence-electron chi connectivity index (χ4n) is 3.26. The average molecular weight is 242 g/mol. The van der Waals surface area contributed by atoms with Crippen LogP contribution in [0.15, 0.2) is 24.3 Å². The van der Waals surface area contributed by atoms with Crippen molar-refractivity contribution in [3.05, 3.63) is 35.5 Å². The van der Waals surface area contributed by atoms with Crippen LogP contribution in [0, 0.1) is 0 Å². The highest BCUT2D eigenvalue weighted by Crippen LogP contribution is 2.33. The van der Waals surface area contributed by atoms with Crippen molar-refractivity contribution < 1.29 is 0 Å². The Morgan fingerprint density at radius 3 is 2.72 bits per heavy atom. The van der Waals surface area contributed by atoms with E-state index in [2.05, 4.69) is 54.5 Å². The summed E-state index contributed by atoms with van der Waals surface area (Å²) in [6, 6.07) is 9.42. The van der Waals surface area contributed by atoms with E-state index in [1.54, 1.807) is 11.3 Å². The SMILES string of the molecule is CCN1CCc2c(c3ccccc3n2C(C)C)C1. The Morgan fingerprint density at radius 2 is 2.00 bits per heavy atom. The first kappa shape index (κ1) is 11.8. The average Bonchev–Trinajstić information content (AvgIpc) is 2.72. The first-order valence-corrected chi connectivity index (χ1v) is 7.05. The lowest BCUT2D eigenvalue weighted by Crippen LogP contribution is -2.30. The molecule has 1 aliphatic rings. The molecule has 0 bridgehead atoms. The molecule has 0 atom stereocenters. The summed E-state index contributed by atoms with van der Waals surface area (Å²) in [5.74, 6) is 0. The molecule has 1 aromatic heterocycles. The molecule has 1 aromatic carbocycles. The lowest BCUT2D eigenvalue weighted by molar-refractivity contribution is 0.264. The van der Waals surface area contributed by atoms with Crippen molar-refractivity contribution >= 4 is 10.9 Å². The van der Waals surface area contributed by atoms with Crippen molar-refractivity contribution in [1.29, 1.82) is 0 Å². The van der Waals surface area contributed by atoms with E-state index in [0.717, 1.165) is 13.1 Å². The third-order valence-electron chi connectivity index (χ3n) is 4.14. The van der Waals surface area contributed by atoms with Gasteiger partial charge in [-0.25, -0.2) is 0 Å². The van der Waals surface area contributed by atoms with Gasteiger partial charge in [-0.3, -0.25) is 4.90 Å². The summed E-state index contributed by atoms with van der Waals surface area (Å²) in [6.45, 7) is 10.3. The van der Waals surface area contributed by atoms with Gasteiger partial charge in [-0.1, -0.05) is 25.1 Å². The highest BCUT2D eigenvalue weighted by molar-refractivity contribution is 5.86. The van der Waals surface area contributed by atoms with Crippen molar-refractivity contribution in [1.82, 2.24) is 9.47 Å². The number of nitrogens with zero attached hydrogens (tertiary/aromatic N) is 2. The Kier molecular flexibility index (Phi) is 2.90. The van der Waals surface area contributed by atoms with Crippen LogP contribution in [0.1, 0.15) is 38.1 Å². The van der Waals surface area contributed by atoms with Crippen LogP contribution >= 0.6 is 0 Å². The van der Waals surface area contributed by atoms with Crippen LogP contribution in [0.5, 0.6) is 0 Å². The fraction of sp³-hybridized carbons (Fsp3) is 0.500. The van der Waals surface area contributed by atoms with Crippen molar-refractivity contribution in [3.8, 4) is 0 Å². The summed E-state index contributed by atoms with van der Waals surface area (Å²) in [6.07, 6.45) is 1.19. The molecule has 0 saturated carbocycles. The summed E-state index contributed by atoms with van der Waals surface area (Å²) in [4.78, 5) is 2.54. The van der Waals surface area contributed by atoms with Gasteiger partial charge in [-0.2, -0.15) is 0 Å². The number of hydrogen-bond donors (Lipinski definition) is 0. The molecule has 2 heteroatoms. The van der Waals surface area contributed by atoms with Gasteiger partial charge in [0.05, 0.1) is 0 Å². The van der Waals surface area contributed by atoms with Gasteiger partial charge in [-0.15, -0.1) is 0 Å². The minimum absolute atomic E-state index is 0.548. The fourth-order valence-corrected chi connectivity index (χ4v) is 3.26. The Bertz CT molecular complexity index is 566. The zero-order valence-electron chi connectivity index (χ0n) is 11.6. The van der Waals surface area contributed by atoms with Gasteiger partial charge in [0.15, 0.2) is 0 Å². The van der Waals surface area contributed by atoms with E-state index in [1.165, 1.54) is 23.9 Å². The maximum atomic E-state index is 2.54. The van der Waals surface area contributed by atoms with E-state index in [9.17, 15) is 0 Å². The third-order valence-corrected chi connectivity index (χ3v) is 4.14. The molecule has 0 aliphatic carbocycles. The van der Waals surface area contributed by atoms with Crippen molar-refractivity contribution in [2.24, 2.45) is 0 Å². The Labute approximate surface area is 109 Å². The molecule has 2 nitrogen and oxygen atoms in total. The van der Waals surface area contributed by atoms with Crippen LogP contribution in [-0.4, -0.2) is 22.6 Å². The molecular formula is C16H22N2. The molecule has 96 valence electrons. The topological polar surface area (TPSA) is 8.17 Å². The van der Waals surface area contributed by atoms with Gasteiger partial charge in [-0.05, 0) is 32.0 Å². The van der Waals surface area contributed by atoms with Crippen LogP contribution in [0.2, 0.25) is 0 Å². The Hall–Kier alpha value is -1.28. The van der Waals surface area contributed by atoms with E-state index >= 15 is 0 Å². The van der Waals surface area contributed by atoms with Gasteiger partial charge in [0.1, 0.15) is 0 Å². The molecule has 0 spiro atoms. The molecule has 0 N–H and O–H groups in total. The van der Waals surface area contributed by atoms with E-state index in [1.807, 2.05) is 0 Å². The van der Waals surface area contributed by atoms with Gasteiger partial charge in [0, 0.05) is 42.1 Å². The number of para-hydroxylation sites is 1. The van der Waals surface area contributed by atoms with Crippen LogP contribution in [0.4, 0.5) is 0 Å². The smallest absolute Gasteiger partial charge is 0.0488 e. The lowest BCUT2D eigenvalue weighted by atomic mass is 10.0. The maximum absolute atomic E-state index is 2.54. The first-order valence-electron chi connectivity index (χ1n) is 7.05. The zero-order chi connectivity index (χ0) is 12.7. The molecule has 0 unspecified atom stereocenters. The number of hydrogen-bond acceptors (Lipinski definition) is 1. The predicted octanol–water partition coefficient (Wildman–Crippen LogP) is 3.60. The van der Waals surface area contributed by atoms with Gasteiger partial charge in [0.2, 0.25) is 0 Å². The van der Waals surface area contributed by atoms with Crippen molar-refractivity contribution in [3.63, 3.8) is 0 Å². The summed E-state index contributed by atoms with van der Waals surface area (Å²) < 4.78 is 2.54. The van der Waals surface area contributed by atoms with E-state index in [-0.39, 0.29) is 0 Å². The van der Waals surface area contributed by atoms with Crippen LogP contribution < -0.4 is 0 Å². The predicted molar refractivity (Wildman–Crippen MR) is 77.0 cm³/mol.